The predicted octanol–water partition coefficient (Wildman–Crippen LogP) is 1.12. The summed E-state index contributed by atoms with van der Waals surface area (Å²) in [6, 6.07) is 5.16. The smallest absolute Gasteiger partial charge is 0.226 e. The van der Waals surface area contributed by atoms with Gasteiger partial charge in [-0.2, -0.15) is 0 Å². The van der Waals surface area contributed by atoms with E-state index in [0.717, 1.165) is 12.1 Å². The molecule has 0 radical (unpaired) electrons. The Bertz CT molecular complexity index is 486. The van der Waals surface area contributed by atoms with Crippen LogP contribution in [0.5, 0.6) is 5.75 Å². The molecule has 20 heavy (non-hydrogen) atoms. The summed E-state index contributed by atoms with van der Waals surface area (Å²) in [6.07, 6.45) is 0.227. The Morgan fingerprint density at radius 3 is 2.60 bits per heavy atom. The molecule has 1 aromatic rings. The van der Waals surface area contributed by atoms with Gasteiger partial charge in [-0.1, -0.05) is 0 Å². The third-order valence-corrected chi connectivity index (χ3v) is 3.15. The van der Waals surface area contributed by atoms with E-state index in [-0.39, 0.29) is 18.1 Å². The van der Waals surface area contributed by atoms with Gasteiger partial charge < -0.3 is 15.0 Å². The molecular weight excluding hydrogens is 256 g/mol. The lowest BCUT2D eigenvalue weighted by Gasteiger charge is -2.18. The van der Waals surface area contributed by atoms with Gasteiger partial charge in [-0.05, 0) is 32.2 Å². The maximum atomic E-state index is 12.1. The van der Waals surface area contributed by atoms with Crippen molar-refractivity contribution in [3.05, 3.63) is 29.3 Å². The van der Waals surface area contributed by atoms with Crippen molar-refractivity contribution in [2.45, 2.75) is 13.3 Å². The highest BCUT2D eigenvalue weighted by atomic mass is 16.5. The molecule has 1 aromatic carbocycles. The second-order valence-corrected chi connectivity index (χ2v) is 4.68. The van der Waals surface area contributed by atoms with Gasteiger partial charge in [0.15, 0.2) is 5.78 Å². The molecule has 1 amide bonds. The first-order valence-corrected chi connectivity index (χ1v) is 6.56. The number of amides is 1. The van der Waals surface area contributed by atoms with E-state index in [0.29, 0.717) is 17.9 Å². The normalized spacial score (nSPS) is 10.2. The first-order chi connectivity index (χ1) is 9.49. The molecule has 0 spiro atoms. The van der Waals surface area contributed by atoms with E-state index >= 15 is 0 Å². The van der Waals surface area contributed by atoms with Crippen molar-refractivity contribution < 1.29 is 14.3 Å². The number of carbonyl (C=O) groups is 2. The van der Waals surface area contributed by atoms with Crippen LogP contribution in [0.15, 0.2) is 18.2 Å². The van der Waals surface area contributed by atoms with E-state index in [4.69, 9.17) is 4.74 Å². The van der Waals surface area contributed by atoms with Crippen molar-refractivity contribution in [3.63, 3.8) is 0 Å². The Hall–Kier alpha value is -1.88. The Morgan fingerprint density at radius 1 is 1.35 bits per heavy atom. The highest BCUT2D eigenvalue weighted by Gasteiger charge is 2.14. The highest BCUT2D eigenvalue weighted by molar-refractivity contribution is 5.94. The number of nitrogens with one attached hydrogen (secondary N) is 1. The van der Waals surface area contributed by atoms with E-state index < -0.39 is 0 Å². The molecule has 0 bridgehead atoms. The molecular formula is C15H22N2O3. The topological polar surface area (TPSA) is 58.6 Å². The van der Waals surface area contributed by atoms with E-state index in [1.54, 1.807) is 37.3 Å². The fourth-order valence-corrected chi connectivity index (χ4v) is 1.84. The minimum absolute atomic E-state index is 0.000693. The number of ketones is 1. The number of nitrogens with zero attached hydrogens (tertiary/aromatic N) is 1. The first-order valence-electron chi connectivity index (χ1n) is 6.56. The fraction of sp³-hybridized carbons (Fsp3) is 0.467. The monoisotopic (exact) mass is 278 g/mol. The number of ether oxygens (including phenoxy) is 1. The lowest BCUT2D eigenvalue weighted by molar-refractivity contribution is -0.129. The summed E-state index contributed by atoms with van der Waals surface area (Å²) in [5, 5.41) is 3.00. The minimum atomic E-state index is -0.0233. The van der Waals surface area contributed by atoms with Gasteiger partial charge in [-0.15, -0.1) is 0 Å². The first kappa shape index (κ1) is 16.2. The average molecular weight is 278 g/mol. The molecule has 0 fully saturated rings. The maximum Gasteiger partial charge on any atom is 0.226 e. The third kappa shape index (κ3) is 4.35. The molecule has 0 heterocycles. The van der Waals surface area contributed by atoms with Gasteiger partial charge in [-0.25, -0.2) is 0 Å². The molecule has 0 saturated heterocycles. The lowest BCUT2D eigenvalue weighted by atomic mass is 10.0. The molecule has 0 aromatic heterocycles. The summed E-state index contributed by atoms with van der Waals surface area (Å²) >= 11 is 0. The zero-order valence-electron chi connectivity index (χ0n) is 12.5. The van der Waals surface area contributed by atoms with Crippen molar-refractivity contribution in [2.24, 2.45) is 0 Å². The van der Waals surface area contributed by atoms with Crippen LogP contribution in [0.2, 0.25) is 0 Å². The van der Waals surface area contributed by atoms with Crippen LogP contribution in [-0.2, 0) is 11.2 Å². The Labute approximate surface area is 119 Å². The zero-order chi connectivity index (χ0) is 15.1. The van der Waals surface area contributed by atoms with Crippen LogP contribution in [0.3, 0.4) is 0 Å². The van der Waals surface area contributed by atoms with Crippen molar-refractivity contribution in [2.75, 3.05) is 34.3 Å². The summed E-state index contributed by atoms with van der Waals surface area (Å²) in [7, 11) is 5.17. The lowest BCUT2D eigenvalue weighted by Crippen LogP contribution is -2.33. The number of likely N-dealkylation sites (N-methyl/N-ethyl adjacent to an activating group) is 2. The summed E-state index contributed by atoms with van der Waals surface area (Å²) in [6.45, 7) is 2.89. The standard InChI is InChI=1S/C15H22N2O3/c1-11(18)12-5-6-14(20-4)13(9-12)10-15(19)17(3)8-7-16-2/h5-6,9,16H,7-8,10H2,1-4H3. The molecule has 0 aliphatic rings. The predicted molar refractivity (Wildman–Crippen MR) is 78.3 cm³/mol. The van der Waals surface area contributed by atoms with Gasteiger partial charge in [-0.3, -0.25) is 9.59 Å². The van der Waals surface area contributed by atoms with Gasteiger partial charge in [0.05, 0.1) is 13.5 Å². The van der Waals surface area contributed by atoms with Crippen molar-refractivity contribution >= 4 is 11.7 Å². The quantitative estimate of drug-likeness (QED) is 0.759. The highest BCUT2D eigenvalue weighted by Crippen LogP contribution is 2.21. The van der Waals surface area contributed by atoms with Crippen LogP contribution >= 0.6 is 0 Å². The molecule has 5 nitrogen and oxygen atoms in total. The molecule has 0 saturated carbocycles. The number of carbonyl (C=O) groups excluding carboxylic acids is 2. The van der Waals surface area contributed by atoms with Gasteiger partial charge in [0.1, 0.15) is 5.75 Å². The van der Waals surface area contributed by atoms with Gasteiger partial charge in [0.2, 0.25) is 5.91 Å². The number of hydrogen-bond acceptors (Lipinski definition) is 4. The molecule has 0 aliphatic carbocycles. The fourth-order valence-electron chi connectivity index (χ4n) is 1.84. The third-order valence-electron chi connectivity index (χ3n) is 3.15. The van der Waals surface area contributed by atoms with Crippen LogP contribution in [0.25, 0.3) is 0 Å². The summed E-state index contributed by atoms with van der Waals surface area (Å²) in [5.41, 5.74) is 1.33. The van der Waals surface area contributed by atoms with Crippen molar-refractivity contribution in [3.8, 4) is 5.75 Å². The van der Waals surface area contributed by atoms with Crippen LogP contribution in [-0.4, -0.2) is 50.9 Å². The van der Waals surface area contributed by atoms with Crippen molar-refractivity contribution in [1.29, 1.82) is 0 Å². The molecule has 0 atom stereocenters. The maximum absolute atomic E-state index is 12.1. The van der Waals surface area contributed by atoms with Crippen LogP contribution in [0.1, 0.15) is 22.8 Å². The Balaban J connectivity index is 2.86. The van der Waals surface area contributed by atoms with Gasteiger partial charge >= 0.3 is 0 Å². The number of methoxy groups -OCH3 is 1. The zero-order valence-corrected chi connectivity index (χ0v) is 12.5. The van der Waals surface area contributed by atoms with Gasteiger partial charge in [0.25, 0.3) is 0 Å². The van der Waals surface area contributed by atoms with E-state index in [1.165, 1.54) is 6.92 Å². The molecule has 110 valence electrons. The second kappa shape index (κ2) is 7.65. The second-order valence-electron chi connectivity index (χ2n) is 4.68. The molecule has 0 aliphatic heterocycles. The average Bonchev–Trinajstić information content (AvgIpc) is 2.44. The van der Waals surface area contributed by atoms with E-state index in [1.807, 2.05) is 7.05 Å². The van der Waals surface area contributed by atoms with E-state index in [9.17, 15) is 9.59 Å². The summed E-state index contributed by atoms with van der Waals surface area (Å²) in [4.78, 5) is 25.2. The molecule has 1 rings (SSSR count). The van der Waals surface area contributed by atoms with Crippen LogP contribution < -0.4 is 10.1 Å². The molecule has 0 unspecified atom stereocenters. The molecule has 1 N–H and O–H groups in total. The van der Waals surface area contributed by atoms with Gasteiger partial charge in [0, 0.05) is 31.3 Å². The Morgan fingerprint density at radius 2 is 2.05 bits per heavy atom. The van der Waals surface area contributed by atoms with Crippen molar-refractivity contribution in [1.82, 2.24) is 10.2 Å². The minimum Gasteiger partial charge on any atom is -0.496 e. The summed E-state index contributed by atoms with van der Waals surface area (Å²) in [5.74, 6) is 0.606. The number of hydrogen-bond donors (Lipinski definition) is 1. The SMILES string of the molecule is CNCCN(C)C(=O)Cc1cc(C(C)=O)ccc1OC. The number of benzene rings is 1. The largest absolute Gasteiger partial charge is 0.496 e. The Kier molecular flexibility index (Phi) is 6.18. The summed E-state index contributed by atoms with van der Waals surface area (Å²) < 4.78 is 5.25. The number of Topliss-reactive ketones (excluding diaryl/α,β-unsaturated/α-hetero) is 1. The van der Waals surface area contributed by atoms with Crippen LogP contribution in [0, 0.1) is 0 Å². The van der Waals surface area contributed by atoms with Crippen LogP contribution in [0.4, 0.5) is 0 Å². The molecule has 5 heteroatoms. The number of rotatable bonds is 7. The van der Waals surface area contributed by atoms with E-state index in [2.05, 4.69) is 5.32 Å².